The molecule has 0 fully saturated rings. The highest BCUT2D eigenvalue weighted by molar-refractivity contribution is 5.75. The largest absolute Gasteiger partial charge is 0.406 e. The highest BCUT2D eigenvalue weighted by Gasteiger charge is 2.19. The molecule has 0 bridgehead atoms. The number of aryl methyl sites for hydroxylation is 3. The second-order valence-electron chi connectivity index (χ2n) is 5.39. The van der Waals surface area contributed by atoms with Crippen molar-refractivity contribution in [1.82, 2.24) is 19.1 Å². The molecule has 2 aromatic heterocycles. The Balaban J connectivity index is 1.62. The molecule has 1 aromatic carbocycles. The van der Waals surface area contributed by atoms with Gasteiger partial charge in [0.25, 0.3) is 0 Å². The Kier molecular flexibility index (Phi) is 3.96. The van der Waals surface area contributed by atoms with Crippen molar-refractivity contribution in [1.29, 1.82) is 0 Å². The minimum absolute atomic E-state index is 0.143. The van der Waals surface area contributed by atoms with Gasteiger partial charge in [-0.25, -0.2) is 4.98 Å². The molecule has 0 radical (unpaired) electrons. The predicted octanol–water partition coefficient (Wildman–Crippen LogP) is 2.26. The van der Waals surface area contributed by atoms with E-state index in [9.17, 15) is 10.1 Å². The molecule has 3 rings (SSSR count). The lowest BCUT2D eigenvalue weighted by atomic mass is 10.3. The molecular weight excluding hydrogens is 296 g/mol. The van der Waals surface area contributed by atoms with E-state index in [1.54, 1.807) is 11.6 Å². The summed E-state index contributed by atoms with van der Waals surface area (Å²) in [4.78, 5) is 18.8. The molecule has 0 amide bonds. The van der Waals surface area contributed by atoms with Gasteiger partial charge in [-0.05, 0) is 28.5 Å². The fraction of sp³-hybridized carbons (Fsp3) is 0.333. The van der Waals surface area contributed by atoms with Crippen LogP contribution >= 0.6 is 0 Å². The summed E-state index contributed by atoms with van der Waals surface area (Å²) in [6, 6.07) is 8.01. The number of benzene rings is 1. The highest BCUT2D eigenvalue weighted by atomic mass is 16.6. The van der Waals surface area contributed by atoms with Crippen LogP contribution in [0.3, 0.4) is 0 Å². The summed E-state index contributed by atoms with van der Waals surface area (Å²) < 4.78 is 3.70. The fourth-order valence-electron chi connectivity index (χ4n) is 2.63. The molecule has 0 spiro atoms. The molecule has 0 unspecified atom stereocenters. The van der Waals surface area contributed by atoms with E-state index in [-0.39, 0.29) is 5.82 Å². The SMILES string of the molecule is Cn1cnc([N+](=O)[O-])c1NCCCc1nc2ccccc2n1C. The van der Waals surface area contributed by atoms with E-state index in [1.807, 2.05) is 31.3 Å². The molecule has 1 N–H and O–H groups in total. The first-order chi connectivity index (χ1) is 11.1. The fourth-order valence-corrected chi connectivity index (χ4v) is 2.63. The van der Waals surface area contributed by atoms with Crippen LogP contribution in [-0.2, 0) is 20.5 Å². The molecule has 0 saturated heterocycles. The van der Waals surface area contributed by atoms with Crippen LogP contribution in [0.2, 0.25) is 0 Å². The van der Waals surface area contributed by atoms with Gasteiger partial charge < -0.3 is 20.0 Å². The van der Waals surface area contributed by atoms with Gasteiger partial charge in [0.1, 0.15) is 5.82 Å². The maximum atomic E-state index is 10.9. The summed E-state index contributed by atoms with van der Waals surface area (Å²) in [5, 5.41) is 14.0. The Morgan fingerprint density at radius 1 is 1.30 bits per heavy atom. The number of anilines is 1. The number of fused-ring (bicyclic) bond motifs is 1. The van der Waals surface area contributed by atoms with Crippen molar-refractivity contribution < 1.29 is 4.92 Å². The number of hydrogen-bond donors (Lipinski definition) is 1. The van der Waals surface area contributed by atoms with Gasteiger partial charge in [-0.2, -0.15) is 0 Å². The van der Waals surface area contributed by atoms with E-state index in [1.165, 1.54) is 6.33 Å². The van der Waals surface area contributed by atoms with Gasteiger partial charge in [-0.1, -0.05) is 12.1 Å². The summed E-state index contributed by atoms with van der Waals surface area (Å²) in [6.07, 6.45) is 3.05. The van der Waals surface area contributed by atoms with Gasteiger partial charge >= 0.3 is 5.82 Å². The molecule has 23 heavy (non-hydrogen) atoms. The Labute approximate surface area is 132 Å². The standard InChI is InChI=1S/C15H18N6O2/c1-19-10-17-15(21(22)23)14(19)16-9-5-8-13-18-11-6-3-4-7-12(11)20(13)2/h3-4,6-7,10,16H,5,8-9H2,1-2H3. The number of para-hydroxylation sites is 2. The third-order valence-corrected chi connectivity index (χ3v) is 3.84. The zero-order valence-corrected chi connectivity index (χ0v) is 13.1. The van der Waals surface area contributed by atoms with Gasteiger partial charge in [-0.3, -0.25) is 4.57 Å². The predicted molar refractivity (Wildman–Crippen MR) is 87.4 cm³/mol. The quantitative estimate of drug-likeness (QED) is 0.428. The van der Waals surface area contributed by atoms with E-state index in [4.69, 9.17) is 0 Å². The van der Waals surface area contributed by atoms with E-state index < -0.39 is 4.92 Å². The zero-order valence-electron chi connectivity index (χ0n) is 13.1. The Morgan fingerprint density at radius 3 is 2.83 bits per heavy atom. The summed E-state index contributed by atoms with van der Waals surface area (Å²) >= 11 is 0. The number of nitrogens with one attached hydrogen (secondary N) is 1. The zero-order chi connectivity index (χ0) is 16.4. The molecular formula is C15H18N6O2. The second kappa shape index (κ2) is 6.07. The van der Waals surface area contributed by atoms with Crippen LogP contribution < -0.4 is 5.32 Å². The number of aromatic nitrogens is 4. The maximum Gasteiger partial charge on any atom is 0.406 e. The van der Waals surface area contributed by atoms with Crippen molar-refractivity contribution in [2.75, 3.05) is 11.9 Å². The molecule has 120 valence electrons. The van der Waals surface area contributed by atoms with Crippen molar-refractivity contribution in [2.24, 2.45) is 14.1 Å². The lowest BCUT2D eigenvalue weighted by Crippen LogP contribution is -2.09. The van der Waals surface area contributed by atoms with Gasteiger partial charge in [0.15, 0.2) is 0 Å². The van der Waals surface area contributed by atoms with Crippen LogP contribution in [0.15, 0.2) is 30.6 Å². The normalized spacial score (nSPS) is 11.0. The molecule has 8 heteroatoms. The van der Waals surface area contributed by atoms with Crippen LogP contribution in [0.25, 0.3) is 11.0 Å². The first-order valence-corrected chi connectivity index (χ1v) is 7.38. The van der Waals surface area contributed by atoms with Crippen LogP contribution in [0.4, 0.5) is 11.6 Å². The summed E-state index contributed by atoms with van der Waals surface area (Å²) in [5.74, 6) is 1.29. The van der Waals surface area contributed by atoms with Gasteiger partial charge in [-0.15, -0.1) is 0 Å². The van der Waals surface area contributed by atoms with Crippen molar-refractivity contribution >= 4 is 22.7 Å². The number of hydrogen-bond acceptors (Lipinski definition) is 5. The van der Waals surface area contributed by atoms with E-state index >= 15 is 0 Å². The lowest BCUT2D eigenvalue weighted by molar-refractivity contribution is -0.388. The van der Waals surface area contributed by atoms with Crippen LogP contribution in [0.5, 0.6) is 0 Å². The van der Waals surface area contributed by atoms with E-state index in [0.717, 1.165) is 29.7 Å². The maximum absolute atomic E-state index is 10.9. The molecule has 0 saturated carbocycles. The number of rotatable bonds is 6. The Hall–Kier alpha value is -2.90. The Bertz CT molecular complexity index is 851. The monoisotopic (exact) mass is 314 g/mol. The van der Waals surface area contributed by atoms with Crippen LogP contribution in [-0.4, -0.2) is 30.6 Å². The van der Waals surface area contributed by atoms with E-state index in [0.29, 0.717) is 12.4 Å². The van der Waals surface area contributed by atoms with Gasteiger partial charge in [0.2, 0.25) is 12.1 Å². The summed E-state index contributed by atoms with van der Waals surface area (Å²) in [5.41, 5.74) is 2.10. The summed E-state index contributed by atoms with van der Waals surface area (Å²) in [7, 11) is 3.73. The molecule has 0 aliphatic rings. The molecule has 0 aliphatic carbocycles. The highest BCUT2D eigenvalue weighted by Crippen LogP contribution is 2.21. The lowest BCUT2D eigenvalue weighted by Gasteiger charge is -2.06. The number of nitrogens with zero attached hydrogens (tertiary/aromatic N) is 5. The van der Waals surface area contributed by atoms with Crippen LogP contribution in [0, 0.1) is 10.1 Å². The van der Waals surface area contributed by atoms with Gasteiger partial charge in [0.05, 0.1) is 11.0 Å². The minimum atomic E-state index is -0.478. The molecule has 3 aromatic rings. The van der Waals surface area contributed by atoms with Gasteiger partial charge in [0, 0.05) is 27.1 Å². The smallest absolute Gasteiger partial charge is 0.364 e. The van der Waals surface area contributed by atoms with Crippen molar-refractivity contribution in [3.63, 3.8) is 0 Å². The van der Waals surface area contributed by atoms with E-state index in [2.05, 4.69) is 19.9 Å². The van der Waals surface area contributed by atoms with Crippen molar-refractivity contribution in [3.05, 3.63) is 46.5 Å². The molecule has 0 atom stereocenters. The third kappa shape index (κ3) is 2.87. The number of imidazole rings is 2. The average Bonchev–Trinajstić information content (AvgIpc) is 3.05. The Morgan fingerprint density at radius 2 is 2.09 bits per heavy atom. The first kappa shape index (κ1) is 15.0. The minimum Gasteiger partial charge on any atom is -0.364 e. The topological polar surface area (TPSA) is 90.8 Å². The first-order valence-electron chi connectivity index (χ1n) is 7.38. The summed E-state index contributed by atoms with van der Waals surface area (Å²) in [6.45, 7) is 0.615. The van der Waals surface area contributed by atoms with Crippen molar-refractivity contribution in [3.8, 4) is 0 Å². The molecule has 8 nitrogen and oxygen atoms in total. The van der Waals surface area contributed by atoms with Crippen molar-refractivity contribution in [2.45, 2.75) is 12.8 Å². The average molecular weight is 314 g/mol. The number of nitro groups is 1. The molecule has 0 aliphatic heterocycles. The second-order valence-corrected chi connectivity index (χ2v) is 5.39. The van der Waals surface area contributed by atoms with Crippen LogP contribution in [0.1, 0.15) is 12.2 Å². The third-order valence-electron chi connectivity index (χ3n) is 3.84. The molecule has 2 heterocycles.